The van der Waals surface area contributed by atoms with Gasteiger partial charge in [-0.25, -0.2) is 4.68 Å². The standard InChI is InChI=1S/C15H15N3O6/c1-15(2)14(21)13(17-12(20)6-5-11(19)16-17)9-7-8(18(22)23)3-4-10(9)24-15/h3-7,13-14,21H,1-2H3,(H,16,19). The van der Waals surface area contributed by atoms with Crippen LogP contribution in [0.1, 0.15) is 25.5 Å². The van der Waals surface area contributed by atoms with Crippen molar-refractivity contribution in [3.63, 3.8) is 0 Å². The molecule has 2 aromatic rings. The number of non-ortho nitro benzene ring substituents is 1. The molecule has 1 aliphatic rings. The van der Waals surface area contributed by atoms with Gasteiger partial charge in [0.25, 0.3) is 11.2 Å². The first-order valence-corrected chi connectivity index (χ1v) is 7.15. The number of aromatic hydroxyl groups is 1. The number of ether oxygens (including phenoxy) is 1. The molecule has 9 heteroatoms. The minimum absolute atomic E-state index is 0.206. The van der Waals surface area contributed by atoms with E-state index in [1.165, 1.54) is 18.2 Å². The lowest BCUT2D eigenvalue weighted by molar-refractivity contribution is -0.385. The van der Waals surface area contributed by atoms with E-state index < -0.39 is 34.1 Å². The molecule has 126 valence electrons. The summed E-state index contributed by atoms with van der Waals surface area (Å²) in [5.74, 6) is -0.101. The van der Waals surface area contributed by atoms with Crippen molar-refractivity contribution in [1.29, 1.82) is 0 Å². The quantitative estimate of drug-likeness (QED) is 0.619. The predicted molar refractivity (Wildman–Crippen MR) is 82.1 cm³/mol. The van der Waals surface area contributed by atoms with Gasteiger partial charge in [-0.2, -0.15) is 0 Å². The van der Waals surface area contributed by atoms with Crippen LogP contribution in [0.15, 0.2) is 35.1 Å². The van der Waals surface area contributed by atoms with Crippen LogP contribution >= 0.6 is 0 Å². The first-order chi connectivity index (χ1) is 11.2. The summed E-state index contributed by atoms with van der Waals surface area (Å²) < 4.78 is 6.62. The van der Waals surface area contributed by atoms with Gasteiger partial charge in [-0.05, 0) is 19.9 Å². The molecule has 3 rings (SSSR count). The summed E-state index contributed by atoms with van der Waals surface area (Å²) >= 11 is 0. The summed E-state index contributed by atoms with van der Waals surface area (Å²) in [6, 6.07) is 5.13. The molecule has 9 nitrogen and oxygen atoms in total. The molecule has 0 amide bonds. The fraction of sp³-hybridized carbons (Fsp3) is 0.333. The van der Waals surface area contributed by atoms with Crippen LogP contribution in [-0.2, 0) is 0 Å². The number of hydrogen-bond acceptors (Lipinski definition) is 7. The highest BCUT2D eigenvalue weighted by atomic mass is 16.6. The molecule has 1 aromatic heterocycles. The molecule has 1 aromatic carbocycles. The number of nitrogens with zero attached hydrogens (tertiary/aromatic N) is 3. The Bertz CT molecular complexity index is 876. The summed E-state index contributed by atoms with van der Waals surface area (Å²) in [6.45, 7) is 3.26. The summed E-state index contributed by atoms with van der Waals surface area (Å²) in [4.78, 5) is 22.6. The third-order valence-electron chi connectivity index (χ3n) is 3.98. The van der Waals surface area contributed by atoms with Crippen LogP contribution in [0.2, 0.25) is 0 Å². The van der Waals surface area contributed by atoms with E-state index in [1.54, 1.807) is 13.8 Å². The fourth-order valence-corrected chi connectivity index (χ4v) is 2.75. The summed E-state index contributed by atoms with van der Waals surface area (Å²) in [6.07, 6.45) is -1.22. The highest BCUT2D eigenvalue weighted by molar-refractivity contribution is 5.48. The zero-order valence-electron chi connectivity index (χ0n) is 12.9. The minimum atomic E-state index is -1.22. The monoisotopic (exact) mass is 333 g/mol. The van der Waals surface area contributed by atoms with Crippen molar-refractivity contribution < 1.29 is 19.9 Å². The van der Waals surface area contributed by atoms with Crippen LogP contribution in [0.4, 0.5) is 5.69 Å². The number of aliphatic hydroxyl groups is 1. The molecule has 0 spiro atoms. The van der Waals surface area contributed by atoms with Gasteiger partial charge in [0.1, 0.15) is 23.5 Å². The van der Waals surface area contributed by atoms with E-state index in [2.05, 4.69) is 5.10 Å². The van der Waals surface area contributed by atoms with Gasteiger partial charge in [0.15, 0.2) is 0 Å². The first-order valence-electron chi connectivity index (χ1n) is 7.15. The van der Waals surface area contributed by atoms with E-state index in [-0.39, 0.29) is 11.3 Å². The molecule has 0 saturated heterocycles. The Labute approximate surface area is 135 Å². The topological polar surface area (TPSA) is 128 Å². The Morgan fingerprint density at radius 2 is 2.04 bits per heavy atom. The molecular formula is C15H15N3O6. The van der Waals surface area contributed by atoms with Gasteiger partial charge in [-0.15, -0.1) is 5.10 Å². The minimum Gasteiger partial charge on any atom is -0.492 e. The SMILES string of the molecule is CC1(C)Oc2ccc([N+](=O)[O-])cc2C(n2nc(O)ccc2=O)C1O. The van der Waals surface area contributed by atoms with E-state index in [1.807, 2.05) is 0 Å². The Morgan fingerprint density at radius 1 is 1.33 bits per heavy atom. The van der Waals surface area contributed by atoms with Crippen LogP contribution < -0.4 is 10.3 Å². The molecule has 0 aliphatic carbocycles. The van der Waals surface area contributed by atoms with Crippen LogP contribution in [-0.4, -0.2) is 36.6 Å². The number of aliphatic hydroxyl groups excluding tert-OH is 1. The second-order valence-corrected chi connectivity index (χ2v) is 6.05. The van der Waals surface area contributed by atoms with Gasteiger partial charge in [0.2, 0.25) is 5.88 Å². The van der Waals surface area contributed by atoms with E-state index in [0.29, 0.717) is 5.75 Å². The van der Waals surface area contributed by atoms with Crippen LogP contribution in [0, 0.1) is 10.1 Å². The first kappa shape index (κ1) is 15.9. The maximum atomic E-state index is 12.2. The summed E-state index contributed by atoms with van der Waals surface area (Å²) in [5.41, 5.74) is -1.59. The van der Waals surface area contributed by atoms with E-state index >= 15 is 0 Å². The molecule has 0 fully saturated rings. The zero-order chi connectivity index (χ0) is 17.6. The van der Waals surface area contributed by atoms with Crippen LogP contribution in [0.25, 0.3) is 0 Å². The second-order valence-electron chi connectivity index (χ2n) is 6.05. The zero-order valence-corrected chi connectivity index (χ0v) is 12.9. The molecule has 24 heavy (non-hydrogen) atoms. The number of nitro groups is 1. The number of rotatable bonds is 2. The lowest BCUT2D eigenvalue weighted by atomic mass is 9.86. The van der Waals surface area contributed by atoms with Crippen LogP contribution in [0.5, 0.6) is 11.6 Å². The van der Waals surface area contributed by atoms with Crippen molar-refractivity contribution >= 4 is 5.69 Å². The molecule has 2 unspecified atom stereocenters. The Hall–Kier alpha value is -2.94. The molecule has 0 saturated carbocycles. The average Bonchev–Trinajstić information content (AvgIpc) is 2.50. The maximum Gasteiger partial charge on any atom is 0.270 e. The van der Waals surface area contributed by atoms with Crippen molar-refractivity contribution in [2.75, 3.05) is 0 Å². The normalized spacial score (nSPS) is 21.6. The molecule has 2 heterocycles. The van der Waals surface area contributed by atoms with Gasteiger partial charge in [0.05, 0.1) is 4.92 Å². The lowest BCUT2D eigenvalue weighted by Crippen LogP contribution is -2.52. The fourth-order valence-electron chi connectivity index (χ4n) is 2.75. The third kappa shape index (κ3) is 2.48. The Morgan fingerprint density at radius 3 is 2.71 bits per heavy atom. The third-order valence-corrected chi connectivity index (χ3v) is 3.98. The molecule has 0 radical (unpaired) electrons. The number of hydrogen-bond donors (Lipinski definition) is 2. The molecular weight excluding hydrogens is 318 g/mol. The van der Waals surface area contributed by atoms with E-state index in [9.17, 15) is 25.1 Å². The van der Waals surface area contributed by atoms with E-state index in [0.717, 1.165) is 16.8 Å². The average molecular weight is 333 g/mol. The summed E-state index contributed by atoms with van der Waals surface area (Å²) in [7, 11) is 0. The van der Waals surface area contributed by atoms with Gasteiger partial charge >= 0.3 is 0 Å². The molecule has 1 aliphatic heterocycles. The van der Waals surface area contributed by atoms with Gasteiger partial charge in [-0.1, -0.05) is 0 Å². The number of benzene rings is 1. The van der Waals surface area contributed by atoms with E-state index in [4.69, 9.17) is 4.74 Å². The number of fused-ring (bicyclic) bond motifs is 1. The summed E-state index contributed by atoms with van der Waals surface area (Å²) in [5, 5.41) is 35.0. The molecule has 0 bridgehead atoms. The number of aromatic nitrogens is 2. The number of nitro benzene ring substituents is 1. The Balaban J connectivity index is 2.27. The van der Waals surface area contributed by atoms with Crippen LogP contribution in [0.3, 0.4) is 0 Å². The van der Waals surface area contributed by atoms with Gasteiger partial charge in [0, 0.05) is 29.8 Å². The van der Waals surface area contributed by atoms with Crippen molar-refractivity contribution in [1.82, 2.24) is 9.78 Å². The highest BCUT2D eigenvalue weighted by Gasteiger charge is 2.45. The second kappa shape index (κ2) is 5.31. The van der Waals surface area contributed by atoms with Crippen molar-refractivity contribution in [2.45, 2.75) is 31.6 Å². The van der Waals surface area contributed by atoms with Crippen molar-refractivity contribution in [3.05, 3.63) is 56.4 Å². The highest BCUT2D eigenvalue weighted by Crippen LogP contribution is 2.42. The van der Waals surface area contributed by atoms with Crippen molar-refractivity contribution in [3.8, 4) is 11.6 Å². The van der Waals surface area contributed by atoms with Gasteiger partial charge < -0.3 is 14.9 Å². The smallest absolute Gasteiger partial charge is 0.270 e. The Kier molecular flexibility index (Phi) is 3.52. The predicted octanol–water partition coefficient (Wildman–Crippen LogP) is 0.978. The molecule has 2 atom stereocenters. The largest absolute Gasteiger partial charge is 0.492 e. The molecule has 2 N–H and O–H groups in total. The van der Waals surface area contributed by atoms with Crippen molar-refractivity contribution in [2.24, 2.45) is 0 Å². The van der Waals surface area contributed by atoms with Gasteiger partial charge in [-0.3, -0.25) is 14.9 Å². The lowest BCUT2D eigenvalue weighted by Gasteiger charge is -2.41. The maximum absolute atomic E-state index is 12.2.